The predicted molar refractivity (Wildman–Crippen MR) is 75.1 cm³/mol. The predicted octanol–water partition coefficient (Wildman–Crippen LogP) is 0.481. The smallest absolute Gasteiger partial charge is 0.744 e. The summed E-state index contributed by atoms with van der Waals surface area (Å²) in [4.78, 5) is -0.134. The SMILES string of the molecule is CCCCCc1ccc2c(S(=O)(=O)[O-])cccc2c1.[K+]. The second kappa shape index (κ2) is 8.03. The van der Waals surface area contributed by atoms with E-state index in [4.69, 9.17) is 0 Å². The van der Waals surface area contributed by atoms with Crippen LogP contribution in [0.3, 0.4) is 0 Å². The summed E-state index contributed by atoms with van der Waals surface area (Å²) in [7, 11) is -4.41. The van der Waals surface area contributed by atoms with E-state index in [-0.39, 0.29) is 56.3 Å². The van der Waals surface area contributed by atoms with Gasteiger partial charge in [-0.3, -0.25) is 0 Å². The van der Waals surface area contributed by atoms with Crippen molar-refractivity contribution in [3.05, 3.63) is 42.0 Å². The largest absolute Gasteiger partial charge is 1.00 e. The van der Waals surface area contributed by atoms with Crippen molar-refractivity contribution >= 4 is 20.9 Å². The molecule has 0 spiro atoms. The molecule has 3 nitrogen and oxygen atoms in total. The van der Waals surface area contributed by atoms with Crippen molar-refractivity contribution in [2.45, 2.75) is 37.5 Å². The summed E-state index contributed by atoms with van der Waals surface area (Å²) < 4.78 is 33.6. The fourth-order valence-electron chi connectivity index (χ4n) is 2.26. The first-order chi connectivity index (χ1) is 9.02. The molecule has 0 saturated carbocycles. The van der Waals surface area contributed by atoms with Gasteiger partial charge in [-0.1, -0.05) is 50.1 Å². The van der Waals surface area contributed by atoms with Gasteiger partial charge in [0.15, 0.2) is 0 Å². The summed E-state index contributed by atoms with van der Waals surface area (Å²) in [6.07, 6.45) is 4.47. The third-order valence-electron chi connectivity index (χ3n) is 3.24. The van der Waals surface area contributed by atoms with Crippen molar-refractivity contribution < 1.29 is 64.4 Å². The van der Waals surface area contributed by atoms with Crippen molar-refractivity contribution in [3.63, 3.8) is 0 Å². The molecule has 0 aliphatic rings. The second-order valence-corrected chi connectivity index (χ2v) is 6.07. The minimum atomic E-state index is -4.41. The van der Waals surface area contributed by atoms with Gasteiger partial charge in [-0.25, -0.2) is 8.42 Å². The first-order valence-electron chi connectivity index (χ1n) is 6.50. The van der Waals surface area contributed by atoms with Crippen LogP contribution in [0.25, 0.3) is 10.8 Å². The molecule has 102 valence electrons. The topological polar surface area (TPSA) is 57.2 Å². The van der Waals surface area contributed by atoms with Gasteiger partial charge in [0, 0.05) is 0 Å². The van der Waals surface area contributed by atoms with Crippen LogP contribution in [0.5, 0.6) is 0 Å². The molecular formula is C15H17KO3S. The summed E-state index contributed by atoms with van der Waals surface area (Å²) in [5.74, 6) is 0. The molecule has 2 aromatic rings. The molecule has 0 bridgehead atoms. The monoisotopic (exact) mass is 316 g/mol. The van der Waals surface area contributed by atoms with Gasteiger partial charge in [-0.05, 0) is 35.2 Å². The van der Waals surface area contributed by atoms with E-state index in [1.165, 1.54) is 24.5 Å². The van der Waals surface area contributed by atoms with Crippen LogP contribution in [0.2, 0.25) is 0 Å². The summed E-state index contributed by atoms with van der Waals surface area (Å²) in [5.41, 5.74) is 1.18. The van der Waals surface area contributed by atoms with E-state index in [1.54, 1.807) is 12.1 Å². The number of hydrogen-bond acceptors (Lipinski definition) is 3. The van der Waals surface area contributed by atoms with Gasteiger partial charge in [-0.2, -0.15) is 0 Å². The maximum atomic E-state index is 11.2. The molecule has 0 saturated heterocycles. The number of unbranched alkanes of at least 4 members (excludes halogenated alkanes) is 2. The molecule has 0 unspecified atom stereocenters. The molecule has 0 heterocycles. The minimum absolute atomic E-state index is 0. The fraction of sp³-hybridized carbons (Fsp3) is 0.333. The van der Waals surface area contributed by atoms with Crippen molar-refractivity contribution in [2.75, 3.05) is 0 Å². The normalized spacial score (nSPS) is 11.3. The van der Waals surface area contributed by atoms with Crippen LogP contribution in [0.15, 0.2) is 41.3 Å². The Balaban J connectivity index is 0.00000200. The van der Waals surface area contributed by atoms with Gasteiger partial charge < -0.3 is 4.55 Å². The van der Waals surface area contributed by atoms with Crippen LogP contribution in [0, 0.1) is 0 Å². The quantitative estimate of drug-likeness (QED) is 0.458. The Kier molecular flexibility index (Phi) is 7.35. The third-order valence-corrected chi connectivity index (χ3v) is 4.14. The molecule has 0 aliphatic carbocycles. The van der Waals surface area contributed by atoms with Crippen LogP contribution in [0.4, 0.5) is 0 Å². The molecule has 0 atom stereocenters. The number of hydrogen-bond donors (Lipinski definition) is 0. The zero-order chi connectivity index (χ0) is 13.9. The number of fused-ring (bicyclic) bond motifs is 1. The average molecular weight is 316 g/mol. The summed E-state index contributed by atoms with van der Waals surface area (Å²) >= 11 is 0. The van der Waals surface area contributed by atoms with E-state index in [9.17, 15) is 13.0 Å². The minimum Gasteiger partial charge on any atom is -0.744 e. The summed E-state index contributed by atoms with van der Waals surface area (Å²) in [6, 6.07) is 10.4. The van der Waals surface area contributed by atoms with Crippen LogP contribution in [-0.2, 0) is 16.5 Å². The van der Waals surface area contributed by atoms with Gasteiger partial charge >= 0.3 is 51.4 Å². The maximum absolute atomic E-state index is 11.2. The van der Waals surface area contributed by atoms with Crippen molar-refractivity contribution in [1.82, 2.24) is 0 Å². The summed E-state index contributed by atoms with van der Waals surface area (Å²) in [6.45, 7) is 2.16. The van der Waals surface area contributed by atoms with Crippen molar-refractivity contribution in [1.29, 1.82) is 0 Å². The molecular weight excluding hydrogens is 299 g/mol. The molecule has 0 aromatic heterocycles. The standard InChI is InChI=1S/C15H18O3S.K/c1-2-3-4-6-12-9-10-14-13(11-12)7-5-8-15(14)19(16,17)18;/h5,7-11H,2-4,6H2,1H3,(H,16,17,18);/q;+1/p-1. The summed E-state index contributed by atoms with van der Waals surface area (Å²) in [5, 5.41) is 1.32. The van der Waals surface area contributed by atoms with Crippen LogP contribution < -0.4 is 51.4 Å². The third kappa shape index (κ3) is 4.63. The Bertz CT molecular complexity index is 681. The Morgan fingerprint density at radius 3 is 2.50 bits per heavy atom. The molecule has 0 fully saturated rings. The Labute approximate surface area is 162 Å². The number of aryl methyl sites for hydroxylation is 1. The second-order valence-electron chi connectivity index (χ2n) is 4.72. The fourth-order valence-corrected chi connectivity index (χ4v) is 2.96. The average Bonchev–Trinajstić information content (AvgIpc) is 2.37. The van der Waals surface area contributed by atoms with Gasteiger partial charge in [0.1, 0.15) is 10.1 Å². The number of rotatable bonds is 5. The van der Waals surface area contributed by atoms with Crippen LogP contribution in [0.1, 0.15) is 31.7 Å². The van der Waals surface area contributed by atoms with Gasteiger partial charge in [0.25, 0.3) is 0 Å². The zero-order valence-electron chi connectivity index (χ0n) is 11.9. The van der Waals surface area contributed by atoms with E-state index in [2.05, 4.69) is 6.92 Å². The molecule has 0 amide bonds. The first kappa shape index (κ1) is 18.3. The van der Waals surface area contributed by atoms with Crippen LogP contribution in [-0.4, -0.2) is 13.0 Å². The van der Waals surface area contributed by atoms with Gasteiger partial charge in [-0.15, -0.1) is 0 Å². The Hall–Kier alpha value is 0.246. The van der Waals surface area contributed by atoms with E-state index in [1.807, 2.05) is 18.2 Å². The Morgan fingerprint density at radius 2 is 1.85 bits per heavy atom. The van der Waals surface area contributed by atoms with E-state index in [0.29, 0.717) is 5.39 Å². The van der Waals surface area contributed by atoms with E-state index >= 15 is 0 Å². The maximum Gasteiger partial charge on any atom is 1.00 e. The zero-order valence-corrected chi connectivity index (χ0v) is 15.9. The number of benzene rings is 2. The molecule has 0 radical (unpaired) electrons. The van der Waals surface area contributed by atoms with E-state index < -0.39 is 10.1 Å². The van der Waals surface area contributed by atoms with Gasteiger partial charge in [0.2, 0.25) is 0 Å². The van der Waals surface area contributed by atoms with Crippen molar-refractivity contribution in [3.8, 4) is 0 Å². The molecule has 0 aliphatic heterocycles. The molecule has 2 aromatic carbocycles. The Morgan fingerprint density at radius 1 is 1.10 bits per heavy atom. The van der Waals surface area contributed by atoms with Crippen LogP contribution >= 0.6 is 0 Å². The first-order valence-corrected chi connectivity index (χ1v) is 7.91. The molecule has 2 rings (SSSR count). The van der Waals surface area contributed by atoms with Gasteiger partial charge in [0.05, 0.1) is 4.90 Å². The molecule has 20 heavy (non-hydrogen) atoms. The van der Waals surface area contributed by atoms with E-state index in [0.717, 1.165) is 18.2 Å². The van der Waals surface area contributed by atoms with Crippen molar-refractivity contribution in [2.24, 2.45) is 0 Å². The molecule has 0 N–H and O–H groups in total. The molecule has 5 heteroatoms.